The second-order valence-corrected chi connectivity index (χ2v) is 5.79. The summed E-state index contributed by atoms with van der Waals surface area (Å²) in [5, 5.41) is 3.60. The third-order valence-electron chi connectivity index (χ3n) is 3.95. The Labute approximate surface area is 132 Å². The molecule has 4 heteroatoms. The summed E-state index contributed by atoms with van der Waals surface area (Å²) in [5.74, 6) is 0.407. The Hall–Kier alpha value is -1.81. The molecule has 0 aromatic heterocycles. The fourth-order valence-corrected chi connectivity index (χ4v) is 2.80. The average Bonchev–Trinajstić information content (AvgIpc) is 2.52. The minimum absolute atomic E-state index is 0.0514. The van der Waals surface area contributed by atoms with Gasteiger partial charge in [0.2, 0.25) is 0 Å². The lowest BCUT2D eigenvalue weighted by atomic mass is 10.0. The molecule has 0 heterocycles. The highest BCUT2D eigenvalue weighted by Crippen LogP contribution is 2.25. The SMILES string of the molecule is COC(=O)COc1c(C)cc(CNC2CC=CCC2)cc1C. The van der Waals surface area contributed by atoms with Gasteiger partial charge in [0.25, 0.3) is 0 Å². The van der Waals surface area contributed by atoms with Crippen molar-refractivity contribution in [2.75, 3.05) is 13.7 Å². The van der Waals surface area contributed by atoms with E-state index in [1.807, 2.05) is 13.8 Å². The van der Waals surface area contributed by atoms with Crippen molar-refractivity contribution in [1.82, 2.24) is 5.32 Å². The molecule has 22 heavy (non-hydrogen) atoms. The number of rotatable bonds is 6. The van der Waals surface area contributed by atoms with Crippen LogP contribution in [0.25, 0.3) is 0 Å². The number of methoxy groups -OCH3 is 1. The first-order valence-electron chi connectivity index (χ1n) is 7.78. The molecule has 120 valence electrons. The molecule has 2 rings (SSSR count). The van der Waals surface area contributed by atoms with Crippen molar-refractivity contribution < 1.29 is 14.3 Å². The Kier molecular flexibility index (Phi) is 6.01. The highest BCUT2D eigenvalue weighted by molar-refractivity contribution is 5.71. The Bertz CT molecular complexity index is 528. The highest BCUT2D eigenvalue weighted by atomic mass is 16.6. The molecule has 1 atom stereocenters. The molecule has 0 saturated carbocycles. The lowest BCUT2D eigenvalue weighted by Crippen LogP contribution is -2.29. The first-order chi connectivity index (χ1) is 10.6. The van der Waals surface area contributed by atoms with E-state index >= 15 is 0 Å². The second-order valence-electron chi connectivity index (χ2n) is 5.79. The number of hydrogen-bond acceptors (Lipinski definition) is 4. The van der Waals surface area contributed by atoms with Gasteiger partial charge >= 0.3 is 5.97 Å². The molecule has 0 amide bonds. The third kappa shape index (κ3) is 4.60. The molecule has 1 aromatic carbocycles. The predicted octanol–water partition coefficient (Wildman–Crippen LogP) is 3.05. The molecule has 0 bridgehead atoms. The number of benzene rings is 1. The molecule has 1 aliphatic carbocycles. The zero-order chi connectivity index (χ0) is 15.9. The van der Waals surface area contributed by atoms with Gasteiger partial charge in [-0.3, -0.25) is 0 Å². The molecule has 0 fully saturated rings. The Balaban J connectivity index is 1.96. The van der Waals surface area contributed by atoms with E-state index in [1.165, 1.54) is 19.1 Å². The molecule has 1 aromatic rings. The van der Waals surface area contributed by atoms with E-state index in [9.17, 15) is 4.79 Å². The summed E-state index contributed by atoms with van der Waals surface area (Å²) in [6.45, 7) is 4.82. The fraction of sp³-hybridized carbons (Fsp3) is 0.500. The molecule has 0 saturated heterocycles. The summed E-state index contributed by atoms with van der Waals surface area (Å²) in [7, 11) is 1.36. The minimum Gasteiger partial charge on any atom is -0.481 e. The smallest absolute Gasteiger partial charge is 0.343 e. The van der Waals surface area contributed by atoms with Gasteiger partial charge in [0.1, 0.15) is 5.75 Å². The molecular formula is C18H25NO3. The van der Waals surface area contributed by atoms with Crippen molar-refractivity contribution in [2.45, 2.75) is 45.7 Å². The largest absolute Gasteiger partial charge is 0.481 e. The standard InChI is InChI=1S/C18H25NO3/c1-13-9-15(11-19-16-7-5-4-6-8-16)10-14(2)18(13)22-12-17(20)21-3/h4-5,9-10,16,19H,6-8,11-12H2,1-3H3. The minimum atomic E-state index is -0.366. The number of carbonyl (C=O) groups excluding carboxylic acids is 1. The molecule has 1 aliphatic rings. The zero-order valence-electron chi connectivity index (χ0n) is 13.6. The number of ether oxygens (including phenoxy) is 2. The summed E-state index contributed by atoms with van der Waals surface area (Å²) >= 11 is 0. The van der Waals surface area contributed by atoms with Crippen molar-refractivity contribution in [2.24, 2.45) is 0 Å². The van der Waals surface area contributed by atoms with Crippen molar-refractivity contribution in [3.8, 4) is 5.75 Å². The van der Waals surface area contributed by atoms with E-state index in [4.69, 9.17) is 4.74 Å². The molecule has 4 nitrogen and oxygen atoms in total. The van der Waals surface area contributed by atoms with Crippen LogP contribution in [0, 0.1) is 13.8 Å². The molecule has 0 aliphatic heterocycles. The van der Waals surface area contributed by atoms with Gasteiger partial charge in [0.05, 0.1) is 7.11 Å². The van der Waals surface area contributed by atoms with E-state index in [-0.39, 0.29) is 12.6 Å². The van der Waals surface area contributed by atoms with Crippen molar-refractivity contribution in [3.05, 3.63) is 41.0 Å². The normalized spacial score (nSPS) is 17.3. The summed E-state index contributed by atoms with van der Waals surface area (Å²) in [6.07, 6.45) is 7.98. The first kappa shape index (κ1) is 16.6. The van der Waals surface area contributed by atoms with Crippen LogP contribution in [0.5, 0.6) is 5.75 Å². The summed E-state index contributed by atoms with van der Waals surface area (Å²) < 4.78 is 10.2. The molecule has 1 N–H and O–H groups in total. The van der Waals surface area contributed by atoms with Crippen molar-refractivity contribution in [1.29, 1.82) is 0 Å². The van der Waals surface area contributed by atoms with E-state index in [0.717, 1.165) is 36.3 Å². The van der Waals surface area contributed by atoms with Crippen LogP contribution < -0.4 is 10.1 Å². The van der Waals surface area contributed by atoms with Crippen molar-refractivity contribution >= 4 is 5.97 Å². The Morgan fingerprint density at radius 1 is 1.27 bits per heavy atom. The van der Waals surface area contributed by atoms with E-state index in [1.54, 1.807) is 0 Å². The van der Waals surface area contributed by atoms with Gasteiger partial charge in [-0.2, -0.15) is 0 Å². The summed E-state index contributed by atoms with van der Waals surface area (Å²) in [6, 6.07) is 4.80. The Morgan fingerprint density at radius 2 is 2.00 bits per heavy atom. The van der Waals surface area contributed by atoms with E-state index in [0.29, 0.717) is 6.04 Å². The van der Waals surface area contributed by atoms with Crippen LogP contribution in [0.4, 0.5) is 0 Å². The highest BCUT2D eigenvalue weighted by Gasteiger charge is 2.12. The number of esters is 1. The molecule has 1 unspecified atom stereocenters. The van der Waals surface area contributed by atoms with Gasteiger partial charge in [0, 0.05) is 12.6 Å². The lowest BCUT2D eigenvalue weighted by Gasteiger charge is -2.20. The quantitative estimate of drug-likeness (QED) is 0.648. The van der Waals surface area contributed by atoms with E-state index < -0.39 is 0 Å². The van der Waals surface area contributed by atoms with Crippen LogP contribution >= 0.6 is 0 Å². The lowest BCUT2D eigenvalue weighted by molar-refractivity contribution is -0.142. The third-order valence-corrected chi connectivity index (χ3v) is 3.95. The monoisotopic (exact) mass is 303 g/mol. The van der Waals surface area contributed by atoms with Gasteiger partial charge in [-0.05, 0) is 49.8 Å². The predicted molar refractivity (Wildman–Crippen MR) is 87.0 cm³/mol. The van der Waals surface area contributed by atoms with Gasteiger partial charge in [0.15, 0.2) is 6.61 Å². The van der Waals surface area contributed by atoms with Gasteiger partial charge in [-0.1, -0.05) is 24.3 Å². The van der Waals surface area contributed by atoms with Crippen LogP contribution in [-0.2, 0) is 16.1 Å². The molecular weight excluding hydrogens is 278 g/mol. The van der Waals surface area contributed by atoms with Crippen LogP contribution in [-0.4, -0.2) is 25.7 Å². The van der Waals surface area contributed by atoms with Crippen LogP contribution in [0.2, 0.25) is 0 Å². The second kappa shape index (κ2) is 7.99. The first-order valence-corrected chi connectivity index (χ1v) is 7.78. The fourth-order valence-electron chi connectivity index (χ4n) is 2.80. The van der Waals surface area contributed by atoms with Gasteiger partial charge in [-0.25, -0.2) is 4.79 Å². The average molecular weight is 303 g/mol. The number of nitrogens with one attached hydrogen (secondary N) is 1. The molecule has 0 spiro atoms. The Morgan fingerprint density at radius 3 is 2.59 bits per heavy atom. The van der Waals surface area contributed by atoms with Gasteiger partial charge in [-0.15, -0.1) is 0 Å². The number of allylic oxidation sites excluding steroid dienone is 1. The van der Waals surface area contributed by atoms with Crippen LogP contribution in [0.1, 0.15) is 36.0 Å². The number of carbonyl (C=O) groups is 1. The van der Waals surface area contributed by atoms with Crippen molar-refractivity contribution in [3.63, 3.8) is 0 Å². The maximum absolute atomic E-state index is 11.2. The van der Waals surface area contributed by atoms with Crippen LogP contribution in [0.15, 0.2) is 24.3 Å². The summed E-state index contributed by atoms with van der Waals surface area (Å²) in [4.78, 5) is 11.2. The van der Waals surface area contributed by atoms with Crippen LogP contribution in [0.3, 0.4) is 0 Å². The van der Waals surface area contributed by atoms with Gasteiger partial charge < -0.3 is 14.8 Å². The number of hydrogen-bond donors (Lipinski definition) is 1. The number of aryl methyl sites for hydroxylation is 2. The summed E-state index contributed by atoms with van der Waals surface area (Å²) in [5.41, 5.74) is 3.34. The maximum Gasteiger partial charge on any atom is 0.343 e. The maximum atomic E-state index is 11.2. The zero-order valence-corrected chi connectivity index (χ0v) is 13.6. The topological polar surface area (TPSA) is 47.6 Å². The van der Waals surface area contributed by atoms with E-state index in [2.05, 4.69) is 34.3 Å². The molecule has 0 radical (unpaired) electrons.